The predicted octanol–water partition coefficient (Wildman–Crippen LogP) is 0.825. The highest BCUT2D eigenvalue weighted by Gasteiger charge is 2.12. The van der Waals surface area contributed by atoms with Crippen molar-refractivity contribution in [2.24, 2.45) is 0 Å². The van der Waals surface area contributed by atoms with Gasteiger partial charge in [-0.2, -0.15) is 0 Å². The van der Waals surface area contributed by atoms with Gasteiger partial charge in [0.2, 0.25) is 5.91 Å². The Balaban J connectivity index is 2.26. The van der Waals surface area contributed by atoms with Crippen LogP contribution in [0, 0.1) is 0 Å². The van der Waals surface area contributed by atoms with Crippen molar-refractivity contribution < 1.29 is 15.0 Å². The summed E-state index contributed by atoms with van der Waals surface area (Å²) in [4.78, 5) is 11.5. The van der Waals surface area contributed by atoms with E-state index in [-0.39, 0.29) is 18.7 Å². The molecule has 4 nitrogen and oxygen atoms in total. The van der Waals surface area contributed by atoms with Crippen molar-refractivity contribution in [1.82, 2.24) is 5.32 Å². The summed E-state index contributed by atoms with van der Waals surface area (Å²) in [5.41, 5.74) is 1.02. The maximum Gasteiger partial charge on any atom is 0.222 e. The number of amides is 1. The molecule has 1 rings (SSSR count). The van der Waals surface area contributed by atoms with Crippen molar-refractivity contribution in [3.8, 4) is 0 Å². The van der Waals surface area contributed by atoms with E-state index in [1.807, 2.05) is 30.3 Å². The smallest absolute Gasteiger partial charge is 0.222 e. The molecule has 0 saturated carbocycles. The van der Waals surface area contributed by atoms with Crippen LogP contribution in [0.3, 0.4) is 0 Å². The van der Waals surface area contributed by atoms with E-state index >= 15 is 0 Å². The second-order valence-corrected chi connectivity index (χ2v) is 4.20. The van der Waals surface area contributed by atoms with Gasteiger partial charge in [0.15, 0.2) is 0 Å². The molecule has 1 aromatic rings. The molecule has 0 aliphatic heterocycles. The third kappa shape index (κ3) is 6.04. The van der Waals surface area contributed by atoms with Gasteiger partial charge in [0.05, 0.1) is 18.6 Å². The molecule has 1 aromatic carbocycles. The number of hydrogen-bond acceptors (Lipinski definition) is 3. The minimum absolute atomic E-state index is 0.0255. The van der Waals surface area contributed by atoms with Crippen LogP contribution in [0.25, 0.3) is 0 Å². The number of benzene rings is 1. The summed E-state index contributed by atoms with van der Waals surface area (Å²) in [6.07, 6.45) is -1.13. The Bertz CT molecular complexity index is 338. The van der Waals surface area contributed by atoms with Gasteiger partial charge in [0, 0.05) is 6.54 Å². The van der Waals surface area contributed by atoms with Gasteiger partial charge >= 0.3 is 0 Å². The summed E-state index contributed by atoms with van der Waals surface area (Å²) in [5.74, 6) is -0.206. The summed E-state index contributed by atoms with van der Waals surface area (Å²) in [6.45, 7) is 2.05. The van der Waals surface area contributed by atoms with Gasteiger partial charge in [-0.15, -0.1) is 0 Å². The van der Waals surface area contributed by atoms with Crippen LogP contribution >= 0.6 is 0 Å². The van der Waals surface area contributed by atoms with Crippen LogP contribution < -0.4 is 5.32 Å². The van der Waals surface area contributed by atoms with Gasteiger partial charge in [-0.05, 0) is 18.9 Å². The quantitative estimate of drug-likeness (QED) is 0.686. The van der Waals surface area contributed by atoms with Crippen LogP contribution in [0.15, 0.2) is 30.3 Å². The summed E-state index contributed by atoms with van der Waals surface area (Å²) < 4.78 is 0. The number of aliphatic hydroxyl groups excluding tert-OH is 2. The standard InChI is InChI=1S/C13H19NO3/c1-10(15)7-12(16)8-13(17)14-9-11-5-3-2-4-6-11/h2-6,10,12,15-16H,7-9H2,1H3,(H,14,17). The molecule has 0 aromatic heterocycles. The molecule has 0 fully saturated rings. The molecule has 1 amide bonds. The van der Waals surface area contributed by atoms with Gasteiger partial charge in [-0.3, -0.25) is 4.79 Å². The molecule has 94 valence electrons. The molecule has 0 bridgehead atoms. The molecule has 0 radical (unpaired) electrons. The topological polar surface area (TPSA) is 69.6 Å². The molecule has 2 atom stereocenters. The third-order valence-corrected chi connectivity index (χ3v) is 2.37. The first-order valence-corrected chi connectivity index (χ1v) is 5.74. The molecule has 2 unspecified atom stereocenters. The van der Waals surface area contributed by atoms with Crippen molar-refractivity contribution >= 4 is 5.91 Å². The molecular formula is C13H19NO3. The van der Waals surface area contributed by atoms with Gasteiger partial charge < -0.3 is 15.5 Å². The SMILES string of the molecule is CC(O)CC(O)CC(=O)NCc1ccccc1. The summed E-state index contributed by atoms with van der Waals surface area (Å²) >= 11 is 0. The minimum atomic E-state index is -0.786. The summed E-state index contributed by atoms with van der Waals surface area (Å²) in [6, 6.07) is 9.57. The summed E-state index contributed by atoms with van der Waals surface area (Å²) in [7, 11) is 0. The first-order chi connectivity index (χ1) is 8.08. The highest BCUT2D eigenvalue weighted by Crippen LogP contribution is 2.03. The number of carbonyl (C=O) groups excluding carboxylic acids is 1. The molecule has 0 heterocycles. The average molecular weight is 237 g/mol. The molecule has 4 heteroatoms. The second-order valence-electron chi connectivity index (χ2n) is 4.20. The van der Waals surface area contributed by atoms with Gasteiger partial charge in [-0.25, -0.2) is 0 Å². The number of hydrogen-bond donors (Lipinski definition) is 3. The zero-order valence-corrected chi connectivity index (χ0v) is 9.97. The van der Waals surface area contributed by atoms with E-state index < -0.39 is 12.2 Å². The van der Waals surface area contributed by atoms with Gasteiger partial charge in [0.25, 0.3) is 0 Å². The fourth-order valence-electron chi connectivity index (χ4n) is 1.56. The van der Waals surface area contributed by atoms with Crippen molar-refractivity contribution in [2.75, 3.05) is 0 Å². The van der Waals surface area contributed by atoms with Crippen LogP contribution in [0.5, 0.6) is 0 Å². The Morgan fingerprint density at radius 2 is 1.94 bits per heavy atom. The van der Waals surface area contributed by atoms with Crippen LogP contribution in [-0.4, -0.2) is 28.3 Å². The van der Waals surface area contributed by atoms with Crippen LogP contribution in [-0.2, 0) is 11.3 Å². The molecule has 17 heavy (non-hydrogen) atoms. The molecule has 0 saturated heterocycles. The highest BCUT2D eigenvalue weighted by atomic mass is 16.3. The van der Waals surface area contributed by atoms with E-state index in [2.05, 4.69) is 5.32 Å². The Labute approximate surface area is 101 Å². The van der Waals surface area contributed by atoms with E-state index in [9.17, 15) is 9.90 Å². The monoisotopic (exact) mass is 237 g/mol. The summed E-state index contributed by atoms with van der Waals surface area (Å²) in [5, 5.41) is 21.2. The zero-order valence-electron chi connectivity index (χ0n) is 9.97. The third-order valence-electron chi connectivity index (χ3n) is 2.37. The lowest BCUT2D eigenvalue weighted by atomic mass is 10.1. The van der Waals surface area contributed by atoms with E-state index in [0.29, 0.717) is 6.54 Å². The number of carbonyl (C=O) groups is 1. The minimum Gasteiger partial charge on any atom is -0.393 e. The van der Waals surface area contributed by atoms with E-state index in [1.165, 1.54) is 0 Å². The normalized spacial score (nSPS) is 14.1. The highest BCUT2D eigenvalue weighted by molar-refractivity contribution is 5.76. The number of nitrogens with one attached hydrogen (secondary N) is 1. The average Bonchev–Trinajstić information content (AvgIpc) is 2.26. The van der Waals surface area contributed by atoms with Crippen LogP contribution in [0.1, 0.15) is 25.3 Å². The van der Waals surface area contributed by atoms with E-state index in [1.54, 1.807) is 6.92 Å². The fraction of sp³-hybridized carbons (Fsp3) is 0.462. The predicted molar refractivity (Wildman–Crippen MR) is 65.2 cm³/mol. The largest absolute Gasteiger partial charge is 0.393 e. The van der Waals surface area contributed by atoms with Crippen molar-refractivity contribution in [3.05, 3.63) is 35.9 Å². The van der Waals surface area contributed by atoms with Crippen molar-refractivity contribution in [1.29, 1.82) is 0 Å². The van der Waals surface area contributed by atoms with Gasteiger partial charge in [0.1, 0.15) is 0 Å². The second kappa shape index (κ2) is 7.04. The molecular weight excluding hydrogens is 218 g/mol. The Hall–Kier alpha value is -1.39. The Morgan fingerprint density at radius 1 is 1.29 bits per heavy atom. The molecule has 0 spiro atoms. The number of rotatable bonds is 6. The maximum absolute atomic E-state index is 11.5. The van der Waals surface area contributed by atoms with Crippen molar-refractivity contribution in [2.45, 2.75) is 38.5 Å². The molecule has 3 N–H and O–H groups in total. The first-order valence-electron chi connectivity index (χ1n) is 5.74. The molecule has 0 aliphatic carbocycles. The number of aliphatic hydroxyl groups is 2. The Kier molecular flexibility index (Phi) is 5.66. The Morgan fingerprint density at radius 3 is 2.53 bits per heavy atom. The lowest BCUT2D eigenvalue weighted by molar-refractivity contribution is -0.123. The molecule has 0 aliphatic rings. The first kappa shape index (κ1) is 13.7. The lowest BCUT2D eigenvalue weighted by Crippen LogP contribution is -2.28. The van der Waals surface area contributed by atoms with Gasteiger partial charge in [-0.1, -0.05) is 30.3 Å². The maximum atomic E-state index is 11.5. The van der Waals surface area contributed by atoms with Crippen molar-refractivity contribution in [3.63, 3.8) is 0 Å². The zero-order chi connectivity index (χ0) is 12.7. The van der Waals surface area contributed by atoms with E-state index in [0.717, 1.165) is 5.56 Å². The van der Waals surface area contributed by atoms with Crippen LogP contribution in [0.4, 0.5) is 0 Å². The van der Waals surface area contributed by atoms with Crippen LogP contribution in [0.2, 0.25) is 0 Å². The fourth-order valence-corrected chi connectivity index (χ4v) is 1.56. The van der Waals surface area contributed by atoms with E-state index in [4.69, 9.17) is 5.11 Å². The lowest BCUT2D eigenvalue weighted by Gasteiger charge is -2.12.